The fourth-order valence-corrected chi connectivity index (χ4v) is 10.4. The molecule has 8 heteroatoms. The van der Waals surface area contributed by atoms with Crippen LogP contribution in [0.3, 0.4) is 0 Å². The highest BCUT2D eigenvalue weighted by molar-refractivity contribution is 7.99. The quantitative estimate of drug-likeness (QED) is 0.237. The maximum absolute atomic E-state index is 12.6. The van der Waals surface area contributed by atoms with Crippen molar-refractivity contribution in [2.75, 3.05) is 12.9 Å². The molecule has 9 atom stereocenters. The molecular weight excluding hydrogens is 512 g/mol. The van der Waals surface area contributed by atoms with E-state index in [1.807, 2.05) is 0 Å². The van der Waals surface area contributed by atoms with Gasteiger partial charge in [-0.3, -0.25) is 14.4 Å². The number of methoxy groups -OCH3 is 1. The van der Waals surface area contributed by atoms with Crippen LogP contribution in [0.1, 0.15) is 91.4 Å². The van der Waals surface area contributed by atoms with Gasteiger partial charge in [0.1, 0.15) is 6.10 Å². The number of aromatic nitrogens is 2. The Kier molecular flexibility index (Phi) is 8.52. The fraction of sp³-hybridized carbons (Fsp3) is 0.806. The number of thioether (sulfide) groups is 1. The zero-order valence-electron chi connectivity index (χ0n) is 24.1. The normalized spacial score (nSPS) is 38.2. The van der Waals surface area contributed by atoms with Gasteiger partial charge in [-0.1, -0.05) is 32.5 Å². The van der Waals surface area contributed by atoms with Crippen molar-refractivity contribution in [3.05, 3.63) is 22.6 Å². The Morgan fingerprint density at radius 2 is 1.85 bits per heavy atom. The first-order valence-electron chi connectivity index (χ1n) is 15.1. The van der Waals surface area contributed by atoms with Crippen LogP contribution in [0.15, 0.2) is 22.2 Å². The van der Waals surface area contributed by atoms with E-state index >= 15 is 0 Å². The summed E-state index contributed by atoms with van der Waals surface area (Å²) in [5.74, 6) is 4.11. The molecule has 1 heterocycles. The van der Waals surface area contributed by atoms with Gasteiger partial charge in [-0.25, -0.2) is 4.98 Å². The van der Waals surface area contributed by atoms with E-state index < -0.39 is 0 Å². The average molecular weight is 559 g/mol. The Morgan fingerprint density at radius 1 is 1.08 bits per heavy atom. The largest absolute Gasteiger partial charge is 0.469 e. The van der Waals surface area contributed by atoms with Crippen LogP contribution < -0.4 is 5.56 Å². The standard InChI is InChI=1S/C31H46N2O5S/c1-19(5-10-27(35)37-4)23-8-9-24-22-7-6-20-17-21(11-14-30(20,2)25(22)12-15-31(23,24)3)38-28(36)18-39-29-32-16-13-26(34)33-29/h13,16,19-25H,5-12,14-15,17-18H2,1-4H3,(H,32,33,34)/t19-,20+,21-,22+,23-,24+,25+,30+,31-/m1/s1. The summed E-state index contributed by atoms with van der Waals surface area (Å²) in [4.78, 5) is 42.6. The monoisotopic (exact) mass is 558 g/mol. The minimum Gasteiger partial charge on any atom is -0.469 e. The fourth-order valence-electron chi connectivity index (χ4n) is 9.72. The van der Waals surface area contributed by atoms with Crippen LogP contribution in [0, 0.1) is 46.3 Å². The maximum atomic E-state index is 12.6. The molecule has 1 aromatic heterocycles. The number of aromatic amines is 1. The predicted octanol–water partition coefficient (Wildman–Crippen LogP) is 6.02. The van der Waals surface area contributed by atoms with Gasteiger partial charge in [-0.15, -0.1) is 0 Å². The molecule has 5 rings (SSSR count). The SMILES string of the molecule is COC(=O)CC[C@@H](C)[C@H]1CC[C@H]2[C@@H]3CC[C@H]4C[C@H](OC(=O)CSc5nccc(=O)[nH]5)CC[C@]4(C)[C@H]3CC[C@]12C. The molecule has 0 aromatic carbocycles. The van der Waals surface area contributed by atoms with E-state index in [4.69, 9.17) is 9.47 Å². The third kappa shape index (κ3) is 5.69. The molecule has 0 radical (unpaired) electrons. The molecule has 1 aromatic rings. The lowest BCUT2D eigenvalue weighted by Crippen LogP contribution is -2.54. The lowest BCUT2D eigenvalue weighted by molar-refractivity contribution is -0.160. The van der Waals surface area contributed by atoms with Gasteiger partial charge in [0.15, 0.2) is 5.16 Å². The van der Waals surface area contributed by atoms with Gasteiger partial charge in [0, 0.05) is 18.7 Å². The second-order valence-electron chi connectivity index (χ2n) is 13.4. The Morgan fingerprint density at radius 3 is 2.62 bits per heavy atom. The second-order valence-corrected chi connectivity index (χ2v) is 14.4. The number of carbonyl (C=O) groups excluding carboxylic acids is 2. The average Bonchev–Trinajstić information content (AvgIpc) is 3.28. The van der Waals surface area contributed by atoms with E-state index in [2.05, 4.69) is 30.7 Å². The van der Waals surface area contributed by atoms with Crippen LogP contribution in [0.25, 0.3) is 0 Å². The van der Waals surface area contributed by atoms with Crippen LogP contribution in [0.2, 0.25) is 0 Å². The number of rotatable bonds is 8. The summed E-state index contributed by atoms with van der Waals surface area (Å²) in [7, 11) is 1.49. The third-order valence-corrected chi connectivity index (χ3v) is 12.5. The molecule has 4 saturated carbocycles. The highest BCUT2D eigenvalue weighted by Gasteiger charge is 2.60. The summed E-state index contributed by atoms with van der Waals surface area (Å²) < 4.78 is 10.8. The van der Waals surface area contributed by atoms with E-state index in [0.717, 1.165) is 43.4 Å². The zero-order chi connectivity index (χ0) is 27.8. The van der Waals surface area contributed by atoms with Crippen LogP contribution >= 0.6 is 11.8 Å². The number of carbonyl (C=O) groups is 2. The number of hydrogen-bond donors (Lipinski definition) is 1. The van der Waals surface area contributed by atoms with Crippen molar-refractivity contribution >= 4 is 23.7 Å². The van der Waals surface area contributed by atoms with Crippen molar-refractivity contribution < 1.29 is 19.1 Å². The molecule has 39 heavy (non-hydrogen) atoms. The molecule has 4 aliphatic carbocycles. The first-order valence-corrected chi connectivity index (χ1v) is 16.1. The number of esters is 2. The van der Waals surface area contributed by atoms with Crippen molar-refractivity contribution in [2.24, 2.45) is 46.3 Å². The highest BCUT2D eigenvalue weighted by Crippen LogP contribution is 2.68. The summed E-state index contributed by atoms with van der Waals surface area (Å²) in [6, 6.07) is 1.36. The van der Waals surface area contributed by atoms with Crippen LogP contribution in [-0.4, -0.2) is 40.9 Å². The zero-order valence-corrected chi connectivity index (χ0v) is 24.9. The number of fused-ring (bicyclic) bond motifs is 5. The number of nitrogens with zero attached hydrogens (tertiary/aromatic N) is 1. The Balaban J connectivity index is 1.17. The minimum atomic E-state index is -0.222. The van der Waals surface area contributed by atoms with Gasteiger partial charge < -0.3 is 14.5 Å². The van der Waals surface area contributed by atoms with Gasteiger partial charge >= 0.3 is 11.9 Å². The van der Waals surface area contributed by atoms with E-state index in [9.17, 15) is 14.4 Å². The van der Waals surface area contributed by atoms with Gasteiger partial charge in [0.25, 0.3) is 5.56 Å². The minimum absolute atomic E-state index is 0.00381. The third-order valence-electron chi connectivity index (χ3n) is 11.7. The number of nitrogens with one attached hydrogen (secondary N) is 1. The molecule has 7 nitrogen and oxygen atoms in total. The highest BCUT2D eigenvalue weighted by atomic mass is 32.2. The van der Waals surface area contributed by atoms with Gasteiger partial charge in [0.05, 0.1) is 12.9 Å². The Bertz CT molecular complexity index is 1110. The molecular formula is C31H46N2O5S. The maximum Gasteiger partial charge on any atom is 0.316 e. The topological polar surface area (TPSA) is 98.3 Å². The number of H-pyrrole nitrogens is 1. The van der Waals surface area contributed by atoms with Crippen molar-refractivity contribution in [2.45, 2.75) is 103 Å². The van der Waals surface area contributed by atoms with Crippen molar-refractivity contribution in [3.8, 4) is 0 Å². The molecule has 0 spiro atoms. The van der Waals surface area contributed by atoms with Crippen molar-refractivity contribution in [1.82, 2.24) is 9.97 Å². The van der Waals surface area contributed by atoms with E-state index in [1.54, 1.807) is 0 Å². The number of hydrogen-bond acceptors (Lipinski definition) is 7. The molecule has 0 aliphatic heterocycles. The van der Waals surface area contributed by atoms with E-state index in [-0.39, 0.29) is 29.4 Å². The van der Waals surface area contributed by atoms with E-state index in [1.165, 1.54) is 69.7 Å². The molecule has 216 valence electrons. The second kappa shape index (κ2) is 11.6. The van der Waals surface area contributed by atoms with Gasteiger partial charge in [0.2, 0.25) is 0 Å². The molecule has 0 amide bonds. The van der Waals surface area contributed by atoms with Crippen LogP contribution in [0.5, 0.6) is 0 Å². The summed E-state index contributed by atoms with van der Waals surface area (Å²) in [6.45, 7) is 7.49. The van der Waals surface area contributed by atoms with Gasteiger partial charge in [-0.2, -0.15) is 0 Å². The summed E-state index contributed by atoms with van der Waals surface area (Å²) in [5.41, 5.74) is 0.513. The Hall–Kier alpha value is -1.83. The van der Waals surface area contributed by atoms with Crippen LogP contribution in [-0.2, 0) is 19.1 Å². The van der Waals surface area contributed by atoms with Crippen LogP contribution in [0.4, 0.5) is 0 Å². The predicted molar refractivity (Wildman–Crippen MR) is 151 cm³/mol. The number of ether oxygens (including phenoxy) is 2. The lowest BCUT2D eigenvalue weighted by atomic mass is 9.44. The first kappa shape index (κ1) is 28.7. The summed E-state index contributed by atoms with van der Waals surface area (Å²) in [6.07, 6.45) is 13.8. The lowest BCUT2D eigenvalue weighted by Gasteiger charge is -2.61. The Labute approximate surface area is 237 Å². The summed E-state index contributed by atoms with van der Waals surface area (Å²) >= 11 is 1.22. The molecule has 0 saturated heterocycles. The smallest absolute Gasteiger partial charge is 0.316 e. The molecule has 0 unspecified atom stereocenters. The molecule has 0 bridgehead atoms. The van der Waals surface area contributed by atoms with Crippen molar-refractivity contribution in [1.29, 1.82) is 0 Å². The molecule has 4 aliphatic rings. The van der Waals surface area contributed by atoms with E-state index in [0.29, 0.717) is 40.2 Å². The molecule has 1 N–H and O–H groups in total. The first-order chi connectivity index (χ1) is 18.6. The summed E-state index contributed by atoms with van der Waals surface area (Å²) in [5, 5.41) is 0.449. The van der Waals surface area contributed by atoms with Crippen molar-refractivity contribution in [3.63, 3.8) is 0 Å². The molecule has 4 fully saturated rings. The van der Waals surface area contributed by atoms with Gasteiger partial charge in [-0.05, 0) is 111 Å².